The molecule has 0 saturated carbocycles. The zero-order valence-electron chi connectivity index (χ0n) is 18.5. The fourth-order valence-corrected chi connectivity index (χ4v) is 6.13. The predicted octanol–water partition coefficient (Wildman–Crippen LogP) is 3.33. The van der Waals surface area contributed by atoms with Crippen molar-refractivity contribution in [1.29, 1.82) is 0 Å². The Morgan fingerprint density at radius 2 is 1.88 bits per heavy atom. The van der Waals surface area contributed by atoms with Crippen molar-refractivity contribution in [2.75, 3.05) is 29.9 Å². The quantitative estimate of drug-likeness (QED) is 0.766. The van der Waals surface area contributed by atoms with Gasteiger partial charge in [0.15, 0.2) is 0 Å². The molecule has 2 heterocycles. The van der Waals surface area contributed by atoms with Gasteiger partial charge in [-0.15, -0.1) is 0 Å². The summed E-state index contributed by atoms with van der Waals surface area (Å²) >= 11 is 0. The number of hydrogen-bond donors (Lipinski definition) is 1. The molecule has 4 rings (SSSR count). The number of rotatable bonds is 4. The van der Waals surface area contributed by atoms with Crippen molar-refractivity contribution >= 4 is 33.2 Å². The number of sulfonamides is 1. The normalized spacial score (nSPS) is 19.3. The van der Waals surface area contributed by atoms with Crippen LogP contribution in [-0.4, -0.2) is 44.2 Å². The fourth-order valence-electron chi connectivity index (χ4n) is 4.55. The molecule has 0 aliphatic carbocycles. The average molecular weight is 456 g/mol. The molecule has 2 aromatic rings. The number of hydrogen-bond acceptors (Lipinski definition) is 4. The van der Waals surface area contributed by atoms with E-state index in [1.54, 1.807) is 23.1 Å². The standard InChI is InChI=1S/C24H29N3O4S/c1-17-6-3-9-21(14-17)25-24(29)20-8-4-12-26(16-20)32(30,31)22-10-11-23-19(15-22)7-5-13-27(23)18(2)28/h3,6,9-11,14-15,20H,4-5,7-8,12-13,16H2,1-2H3,(H,25,29)/t20-/m1/s1. The third kappa shape index (κ3) is 4.56. The molecule has 170 valence electrons. The molecule has 2 aromatic carbocycles. The van der Waals surface area contributed by atoms with Crippen molar-refractivity contribution in [3.05, 3.63) is 53.6 Å². The first kappa shape index (κ1) is 22.5. The van der Waals surface area contributed by atoms with Crippen molar-refractivity contribution < 1.29 is 18.0 Å². The van der Waals surface area contributed by atoms with Crippen LogP contribution >= 0.6 is 0 Å². The first-order valence-corrected chi connectivity index (χ1v) is 12.5. The smallest absolute Gasteiger partial charge is 0.243 e. The van der Waals surface area contributed by atoms with Crippen LogP contribution < -0.4 is 10.2 Å². The zero-order chi connectivity index (χ0) is 22.9. The van der Waals surface area contributed by atoms with E-state index in [1.807, 2.05) is 31.2 Å². The number of anilines is 2. The highest BCUT2D eigenvalue weighted by molar-refractivity contribution is 7.89. The topological polar surface area (TPSA) is 86.8 Å². The number of carbonyl (C=O) groups excluding carboxylic acids is 2. The Labute approximate surface area is 189 Å². The summed E-state index contributed by atoms with van der Waals surface area (Å²) in [4.78, 5) is 26.6. The minimum atomic E-state index is -3.73. The van der Waals surface area contributed by atoms with Crippen LogP contribution in [0.2, 0.25) is 0 Å². The van der Waals surface area contributed by atoms with E-state index in [2.05, 4.69) is 5.32 Å². The van der Waals surface area contributed by atoms with Gasteiger partial charge in [-0.25, -0.2) is 8.42 Å². The number of benzene rings is 2. The molecule has 1 N–H and O–H groups in total. The highest BCUT2D eigenvalue weighted by Gasteiger charge is 2.34. The van der Waals surface area contributed by atoms with Crippen molar-refractivity contribution in [3.63, 3.8) is 0 Å². The molecule has 0 spiro atoms. The molecule has 2 amide bonds. The van der Waals surface area contributed by atoms with Gasteiger partial charge in [0.05, 0.1) is 10.8 Å². The third-order valence-electron chi connectivity index (χ3n) is 6.23. The Morgan fingerprint density at radius 1 is 1.06 bits per heavy atom. The Bertz CT molecular complexity index is 1150. The second kappa shape index (κ2) is 9.03. The van der Waals surface area contributed by atoms with Gasteiger partial charge in [0.2, 0.25) is 21.8 Å². The molecule has 8 heteroatoms. The second-order valence-corrected chi connectivity index (χ2v) is 10.6. The number of carbonyl (C=O) groups is 2. The molecule has 0 unspecified atom stereocenters. The number of piperidine rings is 1. The van der Waals surface area contributed by atoms with Crippen LogP contribution in [0.5, 0.6) is 0 Å². The SMILES string of the molecule is CC(=O)N1CCCc2cc(S(=O)(=O)N3CCC[C@@H](C(=O)Nc4cccc(C)c4)C3)ccc21. The Hall–Kier alpha value is -2.71. The number of nitrogens with zero attached hydrogens (tertiary/aromatic N) is 2. The van der Waals surface area contributed by atoms with E-state index in [4.69, 9.17) is 0 Å². The number of fused-ring (bicyclic) bond motifs is 1. The van der Waals surface area contributed by atoms with E-state index in [1.165, 1.54) is 11.2 Å². The molecule has 7 nitrogen and oxygen atoms in total. The molecule has 2 aliphatic heterocycles. The summed E-state index contributed by atoms with van der Waals surface area (Å²) < 4.78 is 28.2. The molecule has 1 saturated heterocycles. The average Bonchev–Trinajstić information content (AvgIpc) is 2.78. The molecule has 1 atom stereocenters. The summed E-state index contributed by atoms with van der Waals surface area (Å²) in [6, 6.07) is 12.6. The largest absolute Gasteiger partial charge is 0.326 e. The van der Waals surface area contributed by atoms with Crippen LogP contribution in [0.1, 0.15) is 37.3 Å². The van der Waals surface area contributed by atoms with E-state index in [0.29, 0.717) is 25.9 Å². The van der Waals surface area contributed by atoms with Gasteiger partial charge < -0.3 is 10.2 Å². The molecule has 0 bridgehead atoms. The van der Waals surface area contributed by atoms with E-state index in [0.717, 1.165) is 35.3 Å². The number of amides is 2. The van der Waals surface area contributed by atoms with Gasteiger partial charge in [-0.1, -0.05) is 12.1 Å². The summed E-state index contributed by atoms with van der Waals surface area (Å²) in [6.07, 6.45) is 2.83. The van der Waals surface area contributed by atoms with E-state index < -0.39 is 15.9 Å². The summed E-state index contributed by atoms with van der Waals surface area (Å²) in [5.74, 6) is -0.594. The summed E-state index contributed by atoms with van der Waals surface area (Å²) in [5.41, 5.74) is 3.43. The predicted molar refractivity (Wildman–Crippen MR) is 124 cm³/mol. The van der Waals surface area contributed by atoms with Crippen LogP contribution in [0.25, 0.3) is 0 Å². The highest BCUT2D eigenvalue weighted by atomic mass is 32.2. The van der Waals surface area contributed by atoms with Gasteiger partial charge in [0, 0.05) is 37.9 Å². The van der Waals surface area contributed by atoms with Gasteiger partial charge >= 0.3 is 0 Å². The molecule has 2 aliphatic rings. The lowest BCUT2D eigenvalue weighted by Gasteiger charge is -2.32. The van der Waals surface area contributed by atoms with Crippen molar-refractivity contribution in [2.45, 2.75) is 44.4 Å². The summed E-state index contributed by atoms with van der Waals surface area (Å²) in [6.45, 7) is 4.69. The molecule has 0 aromatic heterocycles. The maximum atomic E-state index is 13.4. The first-order chi connectivity index (χ1) is 15.3. The van der Waals surface area contributed by atoms with Crippen LogP contribution in [0.3, 0.4) is 0 Å². The molecular formula is C24H29N3O4S. The monoisotopic (exact) mass is 455 g/mol. The van der Waals surface area contributed by atoms with Crippen molar-refractivity contribution in [2.24, 2.45) is 5.92 Å². The Morgan fingerprint density at radius 3 is 2.62 bits per heavy atom. The lowest BCUT2D eigenvalue weighted by molar-refractivity contribution is -0.121. The van der Waals surface area contributed by atoms with E-state index >= 15 is 0 Å². The summed E-state index contributed by atoms with van der Waals surface area (Å²) in [7, 11) is -3.73. The van der Waals surface area contributed by atoms with Gasteiger partial charge in [0.25, 0.3) is 0 Å². The van der Waals surface area contributed by atoms with Crippen molar-refractivity contribution in [1.82, 2.24) is 4.31 Å². The lowest BCUT2D eigenvalue weighted by Crippen LogP contribution is -2.43. The van der Waals surface area contributed by atoms with Crippen LogP contribution in [0.15, 0.2) is 47.4 Å². The van der Waals surface area contributed by atoms with Gasteiger partial charge in [-0.2, -0.15) is 4.31 Å². The van der Waals surface area contributed by atoms with Gasteiger partial charge in [-0.05, 0) is 74.1 Å². The molecular weight excluding hydrogens is 426 g/mol. The summed E-state index contributed by atoms with van der Waals surface area (Å²) in [5, 5.41) is 2.92. The fraction of sp³-hybridized carbons (Fsp3) is 0.417. The molecule has 32 heavy (non-hydrogen) atoms. The van der Waals surface area contributed by atoms with Gasteiger partial charge in [-0.3, -0.25) is 9.59 Å². The minimum Gasteiger partial charge on any atom is -0.326 e. The molecule has 0 radical (unpaired) electrons. The second-order valence-electron chi connectivity index (χ2n) is 8.63. The van der Waals surface area contributed by atoms with Crippen LogP contribution in [0.4, 0.5) is 11.4 Å². The third-order valence-corrected chi connectivity index (χ3v) is 8.09. The highest BCUT2D eigenvalue weighted by Crippen LogP contribution is 2.32. The Kier molecular flexibility index (Phi) is 6.35. The minimum absolute atomic E-state index is 0.0416. The van der Waals surface area contributed by atoms with Crippen LogP contribution in [0, 0.1) is 12.8 Å². The first-order valence-electron chi connectivity index (χ1n) is 11.0. The maximum Gasteiger partial charge on any atom is 0.243 e. The Balaban J connectivity index is 1.51. The van der Waals surface area contributed by atoms with Crippen LogP contribution in [-0.2, 0) is 26.0 Å². The van der Waals surface area contributed by atoms with Crippen molar-refractivity contribution in [3.8, 4) is 0 Å². The maximum absolute atomic E-state index is 13.4. The van der Waals surface area contributed by atoms with Gasteiger partial charge in [0.1, 0.15) is 0 Å². The number of aryl methyl sites for hydroxylation is 2. The van der Waals surface area contributed by atoms with E-state index in [9.17, 15) is 18.0 Å². The molecule has 1 fully saturated rings. The number of nitrogens with one attached hydrogen (secondary N) is 1. The zero-order valence-corrected chi connectivity index (χ0v) is 19.3. The van der Waals surface area contributed by atoms with E-state index in [-0.39, 0.29) is 23.3 Å². The lowest BCUT2D eigenvalue weighted by atomic mass is 9.98.